The first kappa shape index (κ1) is 22.5. The van der Waals surface area contributed by atoms with E-state index in [1.807, 2.05) is 42.5 Å². The highest BCUT2D eigenvalue weighted by Gasteiger charge is 2.17. The van der Waals surface area contributed by atoms with Gasteiger partial charge in [0, 0.05) is 30.2 Å². The average Bonchev–Trinajstić information content (AvgIpc) is 2.65. The molecule has 0 spiro atoms. The fourth-order valence-electron chi connectivity index (χ4n) is 2.48. The third-order valence-corrected chi connectivity index (χ3v) is 6.60. The number of hydrogen-bond donors (Lipinski definition) is 2. The van der Waals surface area contributed by atoms with E-state index >= 15 is 0 Å². The lowest BCUT2D eigenvalue weighted by Crippen LogP contribution is -2.31. The Bertz CT molecular complexity index is 859. The number of sulfonamides is 1. The Morgan fingerprint density at radius 3 is 2.21 bits per heavy atom. The molecule has 2 aromatic carbocycles. The summed E-state index contributed by atoms with van der Waals surface area (Å²) >= 11 is 1.66. The molecule has 1 amide bonds. The van der Waals surface area contributed by atoms with Crippen LogP contribution in [0.1, 0.15) is 32.8 Å². The van der Waals surface area contributed by atoms with E-state index in [1.165, 1.54) is 0 Å². The minimum atomic E-state index is -3.61. The zero-order chi connectivity index (χ0) is 20.6. The summed E-state index contributed by atoms with van der Waals surface area (Å²) in [4.78, 5) is 13.2. The van der Waals surface area contributed by atoms with E-state index in [0.717, 1.165) is 16.2 Å². The Morgan fingerprint density at radius 1 is 0.964 bits per heavy atom. The first-order chi connectivity index (χ1) is 13.2. The fraction of sp³-hybridized carbons (Fsp3) is 0.381. The maximum Gasteiger partial charge on any atom is 0.240 e. The Morgan fingerprint density at radius 2 is 1.61 bits per heavy atom. The molecule has 0 aliphatic heterocycles. The molecule has 0 aromatic heterocycles. The largest absolute Gasteiger partial charge is 0.355 e. The van der Waals surface area contributed by atoms with Crippen molar-refractivity contribution in [2.45, 2.75) is 42.4 Å². The van der Waals surface area contributed by atoms with E-state index < -0.39 is 10.0 Å². The molecule has 0 bridgehead atoms. The maximum absolute atomic E-state index is 12.3. The van der Waals surface area contributed by atoms with Crippen LogP contribution in [-0.2, 0) is 20.2 Å². The highest BCUT2D eigenvalue weighted by molar-refractivity contribution is 7.99. The van der Waals surface area contributed by atoms with Gasteiger partial charge in [0.25, 0.3) is 0 Å². The summed E-state index contributed by atoms with van der Waals surface area (Å²) in [5.74, 6) is 0.598. The van der Waals surface area contributed by atoms with Crippen molar-refractivity contribution < 1.29 is 13.2 Å². The van der Waals surface area contributed by atoms with Crippen LogP contribution in [0.2, 0.25) is 0 Å². The van der Waals surface area contributed by atoms with Crippen LogP contribution in [0.3, 0.4) is 0 Å². The van der Waals surface area contributed by atoms with Crippen molar-refractivity contribution in [1.29, 1.82) is 0 Å². The second kappa shape index (κ2) is 10.1. The number of carbonyl (C=O) groups is 1. The molecule has 0 saturated carbocycles. The van der Waals surface area contributed by atoms with Crippen molar-refractivity contribution >= 4 is 27.7 Å². The van der Waals surface area contributed by atoms with Crippen LogP contribution in [0.15, 0.2) is 64.4 Å². The number of nitrogens with one attached hydrogen (secondary N) is 2. The van der Waals surface area contributed by atoms with Gasteiger partial charge >= 0.3 is 0 Å². The minimum absolute atomic E-state index is 0.0351. The normalized spacial score (nSPS) is 12.0. The molecule has 2 rings (SSSR count). The van der Waals surface area contributed by atoms with Gasteiger partial charge in [0.1, 0.15) is 0 Å². The predicted molar refractivity (Wildman–Crippen MR) is 115 cm³/mol. The molecule has 0 aliphatic carbocycles. The lowest BCUT2D eigenvalue weighted by molar-refractivity contribution is -0.120. The zero-order valence-electron chi connectivity index (χ0n) is 16.6. The monoisotopic (exact) mass is 420 g/mol. The molecular formula is C21H28N2O3S2. The van der Waals surface area contributed by atoms with Gasteiger partial charge < -0.3 is 5.32 Å². The highest BCUT2D eigenvalue weighted by Crippen LogP contribution is 2.23. The molecule has 0 radical (unpaired) electrons. The van der Waals surface area contributed by atoms with Crippen molar-refractivity contribution in [3.8, 4) is 0 Å². The van der Waals surface area contributed by atoms with Gasteiger partial charge in [-0.25, -0.2) is 13.1 Å². The van der Waals surface area contributed by atoms with Gasteiger partial charge in [-0.15, -0.1) is 11.8 Å². The van der Waals surface area contributed by atoms with Gasteiger partial charge in [-0.05, 0) is 35.2 Å². The predicted octanol–water partition coefficient (Wildman–Crippen LogP) is 3.56. The van der Waals surface area contributed by atoms with E-state index in [4.69, 9.17) is 0 Å². The van der Waals surface area contributed by atoms with Crippen LogP contribution < -0.4 is 10.0 Å². The molecule has 0 saturated heterocycles. The Labute approximate surface area is 172 Å². The summed E-state index contributed by atoms with van der Waals surface area (Å²) < 4.78 is 27.2. The molecule has 5 nitrogen and oxygen atoms in total. The average molecular weight is 421 g/mol. The summed E-state index contributed by atoms with van der Waals surface area (Å²) in [5.41, 5.74) is 1.03. The van der Waals surface area contributed by atoms with Crippen LogP contribution in [0, 0.1) is 0 Å². The topological polar surface area (TPSA) is 75.3 Å². The van der Waals surface area contributed by atoms with Crippen molar-refractivity contribution in [2.75, 3.05) is 18.8 Å². The molecule has 0 atom stereocenters. The third kappa shape index (κ3) is 7.30. The lowest BCUT2D eigenvalue weighted by Gasteiger charge is -2.19. The van der Waals surface area contributed by atoms with Crippen LogP contribution in [0.25, 0.3) is 0 Å². The second-order valence-corrected chi connectivity index (χ2v) is 10.4. The molecule has 0 aliphatic rings. The Hall–Kier alpha value is -1.83. The number of rotatable bonds is 9. The minimum Gasteiger partial charge on any atom is -0.355 e. The fourth-order valence-corrected chi connectivity index (χ4v) is 4.30. The van der Waals surface area contributed by atoms with E-state index in [-0.39, 0.29) is 29.2 Å². The number of benzene rings is 2. The van der Waals surface area contributed by atoms with Gasteiger partial charge in [0.2, 0.25) is 15.9 Å². The van der Waals surface area contributed by atoms with Crippen LogP contribution in [0.5, 0.6) is 0 Å². The molecule has 2 N–H and O–H groups in total. The Balaban J connectivity index is 1.71. The van der Waals surface area contributed by atoms with Crippen molar-refractivity contribution in [3.63, 3.8) is 0 Å². The number of thioether (sulfide) groups is 1. The lowest BCUT2D eigenvalue weighted by atomic mass is 9.87. The van der Waals surface area contributed by atoms with E-state index in [1.54, 1.807) is 23.9 Å². The summed E-state index contributed by atoms with van der Waals surface area (Å²) in [6.07, 6.45) is 0.106. The molecule has 28 heavy (non-hydrogen) atoms. The van der Waals surface area contributed by atoms with Crippen LogP contribution in [-0.4, -0.2) is 33.2 Å². The molecule has 2 aromatic rings. The maximum atomic E-state index is 12.3. The molecular weight excluding hydrogens is 392 g/mol. The van der Waals surface area contributed by atoms with Gasteiger partial charge in [-0.2, -0.15) is 0 Å². The Kier molecular flexibility index (Phi) is 8.10. The van der Waals surface area contributed by atoms with Gasteiger partial charge in [-0.3, -0.25) is 4.79 Å². The number of amides is 1. The molecule has 0 unspecified atom stereocenters. The number of hydrogen-bond acceptors (Lipinski definition) is 4. The van der Waals surface area contributed by atoms with Gasteiger partial charge in [-0.1, -0.05) is 51.1 Å². The SMILES string of the molecule is CC(C)(C)c1ccc(S(=O)(=O)NCCC(=O)NCCSc2ccccc2)cc1. The van der Waals surface area contributed by atoms with Crippen molar-refractivity contribution in [2.24, 2.45) is 0 Å². The third-order valence-electron chi connectivity index (χ3n) is 4.11. The van der Waals surface area contributed by atoms with Crippen LogP contribution in [0.4, 0.5) is 0 Å². The zero-order valence-corrected chi connectivity index (χ0v) is 18.2. The quantitative estimate of drug-likeness (QED) is 0.480. The molecule has 0 fully saturated rings. The number of carbonyl (C=O) groups excluding carboxylic acids is 1. The van der Waals surface area contributed by atoms with Gasteiger partial charge in [0.15, 0.2) is 0 Å². The summed E-state index contributed by atoms with van der Waals surface area (Å²) in [6.45, 7) is 6.84. The summed E-state index contributed by atoms with van der Waals surface area (Å²) in [7, 11) is -3.61. The summed E-state index contributed by atoms with van der Waals surface area (Å²) in [6, 6.07) is 16.8. The first-order valence-electron chi connectivity index (χ1n) is 9.23. The molecule has 7 heteroatoms. The highest BCUT2D eigenvalue weighted by atomic mass is 32.2. The van der Waals surface area contributed by atoms with Crippen LogP contribution >= 0.6 is 11.8 Å². The smallest absolute Gasteiger partial charge is 0.240 e. The molecule has 152 valence electrons. The summed E-state index contributed by atoms with van der Waals surface area (Å²) in [5, 5.41) is 2.81. The van der Waals surface area contributed by atoms with E-state index in [2.05, 4.69) is 30.8 Å². The van der Waals surface area contributed by atoms with E-state index in [9.17, 15) is 13.2 Å². The van der Waals surface area contributed by atoms with Crippen molar-refractivity contribution in [3.05, 3.63) is 60.2 Å². The molecule has 0 heterocycles. The van der Waals surface area contributed by atoms with Gasteiger partial charge in [0.05, 0.1) is 4.90 Å². The van der Waals surface area contributed by atoms with Crippen molar-refractivity contribution in [1.82, 2.24) is 10.0 Å². The first-order valence-corrected chi connectivity index (χ1v) is 11.7. The second-order valence-electron chi connectivity index (χ2n) is 7.43. The van der Waals surface area contributed by atoms with E-state index in [0.29, 0.717) is 6.54 Å². The standard InChI is InChI=1S/C21H28N2O3S2/c1-21(2,3)17-9-11-19(12-10-17)28(25,26)23-14-13-20(24)22-15-16-27-18-7-5-4-6-8-18/h4-12,23H,13-16H2,1-3H3,(H,22,24).